The number of benzene rings is 1. The highest BCUT2D eigenvalue weighted by Crippen LogP contribution is 2.30. The zero-order chi connectivity index (χ0) is 13.2. The molecule has 2 atom stereocenters. The quantitative estimate of drug-likeness (QED) is 0.758. The molecular weight excluding hydrogens is 232 g/mol. The molecule has 0 spiro atoms. The van der Waals surface area contributed by atoms with Crippen LogP contribution < -0.4 is 0 Å². The van der Waals surface area contributed by atoms with Crippen LogP contribution in [0.4, 0.5) is 0 Å². The third kappa shape index (κ3) is 2.43. The summed E-state index contributed by atoms with van der Waals surface area (Å²) in [5, 5.41) is 28.9. The van der Waals surface area contributed by atoms with Crippen LogP contribution in [0.15, 0.2) is 54.3 Å². The van der Waals surface area contributed by atoms with E-state index in [-0.39, 0.29) is 12.2 Å². The van der Waals surface area contributed by atoms with Crippen LogP contribution in [-0.2, 0) is 11.2 Å². The van der Waals surface area contributed by atoms with Gasteiger partial charge in [0.05, 0.1) is 0 Å². The molecule has 0 fully saturated rings. The van der Waals surface area contributed by atoms with Gasteiger partial charge in [0.15, 0.2) is 0 Å². The molecule has 0 saturated heterocycles. The lowest BCUT2D eigenvalue weighted by Gasteiger charge is -2.31. The highest BCUT2D eigenvalue weighted by atomic mass is 16.4. The SMILES string of the molecule is O=C(O)C1C=C(O)C=CC1(O)Cc1ccccc1. The van der Waals surface area contributed by atoms with Gasteiger partial charge in [-0.05, 0) is 23.8 Å². The minimum Gasteiger partial charge on any atom is -0.508 e. The fourth-order valence-corrected chi connectivity index (χ4v) is 2.08. The molecule has 94 valence electrons. The van der Waals surface area contributed by atoms with E-state index >= 15 is 0 Å². The molecule has 0 saturated carbocycles. The van der Waals surface area contributed by atoms with Gasteiger partial charge < -0.3 is 15.3 Å². The average Bonchev–Trinajstić information content (AvgIpc) is 2.33. The van der Waals surface area contributed by atoms with Crippen LogP contribution in [0.2, 0.25) is 0 Å². The first-order valence-electron chi connectivity index (χ1n) is 5.60. The predicted molar refractivity (Wildman–Crippen MR) is 66.1 cm³/mol. The Morgan fingerprint density at radius 1 is 1.28 bits per heavy atom. The maximum atomic E-state index is 11.2. The smallest absolute Gasteiger partial charge is 0.313 e. The lowest BCUT2D eigenvalue weighted by molar-refractivity contribution is -0.146. The molecule has 18 heavy (non-hydrogen) atoms. The third-order valence-corrected chi connectivity index (χ3v) is 3.01. The number of hydrogen-bond acceptors (Lipinski definition) is 3. The van der Waals surface area contributed by atoms with Gasteiger partial charge in [-0.25, -0.2) is 0 Å². The van der Waals surface area contributed by atoms with E-state index in [2.05, 4.69) is 0 Å². The first-order valence-corrected chi connectivity index (χ1v) is 5.60. The minimum atomic E-state index is -1.51. The molecule has 0 radical (unpaired) electrons. The lowest BCUT2D eigenvalue weighted by Crippen LogP contribution is -2.43. The molecule has 4 heteroatoms. The molecule has 0 aromatic heterocycles. The van der Waals surface area contributed by atoms with Crippen molar-refractivity contribution in [3.63, 3.8) is 0 Å². The van der Waals surface area contributed by atoms with E-state index in [4.69, 9.17) is 5.11 Å². The maximum Gasteiger partial charge on any atom is 0.313 e. The van der Waals surface area contributed by atoms with Crippen LogP contribution in [-0.4, -0.2) is 26.9 Å². The number of aliphatic carboxylic acids is 1. The molecule has 1 aromatic rings. The molecule has 0 amide bonds. The fraction of sp³-hybridized carbons (Fsp3) is 0.214. The van der Waals surface area contributed by atoms with Gasteiger partial charge in [-0.3, -0.25) is 4.79 Å². The topological polar surface area (TPSA) is 77.8 Å². The Kier molecular flexibility index (Phi) is 3.21. The Balaban J connectivity index is 2.29. The normalized spacial score (nSPS) is 26.7. The highest BCUT2D eigenvalue weighted by Gasteiger charge is 2.40. The number of carboxylic acid groups (broad SMARTS) is 1. The molecule has 4 nitrogen and oxygen atoms in total. The highest BCUT2D eigenvalue weighted by molar-refractivity contribution is 5.75. The van der Waals surface area contributed by atoms with Gasteiger partial charge in [-0.2, -0.15) is 0 Å². The van der Waals surface area contributed by atoms with Crippen molar-refractivity contribution in [2.24, 2.45) is 5.92 Å². The van der Waals surface area contributed by atoms with Crippen LogP contribution in [0.3, 0.4) is 0 Å². The summed E-state index contributed by atoms with van der Waals surface area (Å²) in [6, 6.07) is 9.15. The Morgan fingerprint density at radius 3 is 2.56 bits per heavy atom. The molecule has 0 aliphatic heterocycles. The first kappa shape index (κ1) is 12.4. The summed E-state index contributed by atoms with van der Waals surface area (Å²) in [4.78, 5) is 11.2. The molecule has 1 aliphatic rings. The van der Waals surface area contributed by atoms with Crippen LogP contribution in [0.5, 0.6) is 0 Å². The van der Waals surface area contributed by atoms with Gasteiger partial charge in [0.1, 0.15) is 17.3 Å². The standard InChI is InChI=1S/C14H14O4/c15-11-6-7-14(18,12(8-11)13(16)17)9-10-4-2-1-3-5-10/h1-8,12,15,18H,9H2,(H,16,17). The zero-order valence-electron chi connectivity index (χ0n) is 9.65. The van der Waals surface area contributed by atoms with Crippen molar-refractivity contribution in [2.75, 3.05) is 0 Å². The molecule has 2 rings (SSSR count). The third-order valence-electron chi connectivity index (χ3n) is 3.01. The summed E-state index contributed by atoms with van der Waals surface area (Å²) in [5.74, 6) is -2.45. The van der Waals surface area contributed by atoms with Crippen molar-refractivity contribution >= 4 is 5.97 Å². The van der Waals surface area contributed by atoms with E-state index in [9.17, 15) is 15.0 Å². The number of rotatable bonds is 3. The fourth-order valence-electron chi connectivity index (χ4n) is 2.08. The summed E-state index contributed by atoms with van der Waals surface area (Å²) in [5.41, 5.74) is -0.676. The lowest BCUT2D eigenvalue weighted by atomic mass is 9.79. The van der Waals surface area contributed by atoms with E-state index in [0.717, 1.165) is 11.6 Å². The van der Waals surface area contributed by atoms with Crippen LogP contribution in [0, 0.1) is 5.92 Å². The minimum absolute atomic E-state index is 0.139. The molecular formula is C14H14O4. The number of carbonyl (C=O) groups is 1. The summed E-state index contributed by atoms with van der Waals surface area (Å²) in [6.07, 6.45) is 4.01. The molecule has 1 aliphatic carbocycles. The Morgan fingerprint density at radius 2 is 1.94 bits per heavy atom. The second kappa shape index (κ2) is 4.66. The van der Waals surface area contributed by atoms with Crippen molar-refractivity contribution in [1.82, 2.24) is 0 Å². The summed E-state index contributed by atoms with van der Waals surface area (Å²) >= 11 is 0. The largest absolute Gasteiger partial charge is 0.508 e. The maximum absolute atomic E-state index is 11.2. The average molecular weight is 246 g/mol. The number of aliphatic hydroxyl groups excluding tert-OH is 1. The van der Waals surface area contributed by atoms with Crippen LogP contribution in [0.25, 0.3) is 0 Å². The summed E-state index contributed by atoms with van der Waals surface area (Å²) in [7, 11) is 0. The summed E-state index contributed by atoms with van der Waals surface area (Å²) < 4.78 is 0. The van der Waals surface area contributed by atoms with Crippen LogP contribution >= 0.6 is 0 Å². The molecule has 0 heterocycles. The zero-order valence-corrected chi connectivity index (χ0v) is 9.65. The van der Waals surface area contributed by atoms with Crippen molar-refractivity contribution in [3.05, 3.63) is 59.9 Å². The molecule has 0 bridgehead atoms. The van der Waals surface area contributed by atoms with Crippen LogP contribution in [0.1, 0.15) is 5.56 Å². The van der Waals surface area contributed by atoms with Crippen molar-refractivity contribution in [3.8, 4) is 0 Å². The van der Waals surface area contributed by atoms with Crippen molar-refractivity contribution < 1.29 is 20.1 Å². The van der Waals surface area contributed by atoms with Gasteiger partial charge in [0.25, 0.3) is 0 Å². The van der Waals surface area contributed by atoms with E-state index in [1.54, 1.807) is 0 Å². The predicted octanol–water partition coefficient (Wildman–Crippen LogP) is 1.67. The second-order valence-corrected chi connectivity index (χ2v) is 4.39. The summed E-state index contributed by atoms with van der Waals surface area (Å²) in [6.45, 7) is 0. The van der Waals surface area contributed by atoms with Gasteiger partial charge in [0.2, 0.25) is 0 Å². The van der Waals surface area contributed by atoms with E-state index in [0.29, 0.717) is 0 Å². The monoisotopic (exact) mass is 246 g/mol. The molecule has 2 unspecified atom stereocenters. The number of aliphatic hydroxyl groups is 2. The Labute approximate surface area is 105 Å². The van der Waals surface area contributed by atoms with Crippen molar-refractivity contribution in [1.29, 1.82) is 0 Å². The number of carboxylic acids is 1. The van der Waals surface area contributed by atoms with E-state index in [1.165, 1.54) is 12.2 Å². The number of hydrogen-bond donors (Lipinski definition) is 3. The first-order chi connectivity index (χ1) is 8.51. The van der Waals surface area contributed by atoms with Gasteiger partial charge in [0, 0.05) is 6.42 Å². The molecule has 1 aromatic carbocycles. The Bertz CT molecular complexity index is 504. The Hall–Kier alpha value is -2.07. The van der Waals surface area contributed by atoms with Gasteiger partial charge in [-0.1, -0.05) is 30.3 Å². The van der Waals surface area contributed by atoms with Gasteiger partial charge >= 0.3 is 5.97 Å². The van der Waals surface area contributed by atoms with E-state index in [1.807, 2.05) is 30.3 Å². The number of allylic oxidation sites excluding steroid dienone is 1. The molecule has 3 N–H and O–H groups in total. The van der Waals surface area contributed by atoms with E-state index < -0.39 is 17.5 Å². The second-order valence-electron chi connectivity index (χ2n) is 4.39. The van der Waals surface area contributed by atoms with Gasteiger partial charge in [-0.15, -0.1) is 0 Å². The van der Waals surface area contributed by atoms with Crippen molar-refractivity contribution in [2.45, 2.75) is 12.0 Å².